The summed E-state index contributed by atoms with van der Waals surface area (Å²) in [5.41, 5.74) is 5.57. The fraction of sp³-hybridized carbons (Fsp3) is 0.577. The minimum absolute atomic E-state index is 0.110. The molecule has 4 aliphatic rings. The van der Waals surface area contributed by atoms with Crippen LogP contribution in [-0.4, -0.2) is 21.3 Å². The normalized spacial score (nSPS) is 38.8. The molecule has 152 valence electrons. The number of benzene rings is 1. The molecule has 2 fully saturated rings. The second-order valence-corrected chi connectivity index (χ2v) is 10.2. The average molecular weight is 389 g/mol. The predicted molar refractivity (Wildman–Crippen MR) is 117 cm³/mol. The third-order valence-corrected chi connectivity index (χ3v) is 9.30. The molecular weight excluding hydrogens is 356 g/mol. The maximum absolute atomic E-state index is 10.8. The first-order valence-corrected chi connectivity index (χ1v) is 11.6. The predicted octanol–water partition coefficient (Wildman–Crippen LogP) is 5.81. The molecule has 29 heavy (non-hydrogen) atoms. The van der Waals surface area contributed by atoms with Crippen LogP contribution in [0.15, 0.2) is 48.3 Å². The fourth-order valence-electron chi connectivity index (χ4n) is 7.84. The van der Waals surface area contributed by atoms with Crippen LogP contribution >= 0.6 is 0 Å². The van der Waals surface area contributed by atoms with E-state index in [1.165, 1.54) is 49.7 Å². The van der Waals surface area contributed by atoms with E-state index in [4.69, 9.17) is 0 Å². The van der Waals surface area contributed by atoms with E-state index in [0.717, 1.165) is 24.3 Å². The number of fused-ring (bicyclic) bond motifs is 6. The molecule has 6 rings (SSSR count). The standard InChI is InChI=1S/C26H32N2O/c1-25-14-5-4-6-18(25)9-10-19-20(25)13-15-26(16-29)21(19)11-12-24(26)28-17-27-22-7-2-3-8-23(22)28/h2-3,7-9,12,17,19-21,29H,4-6,10-11,13-16H2,1H3/t19-,20+,21+,25+,26-/m1/s1. The molecule has 1 aromatic carbocycles. The second-order valence-electron chi connectivity index (χ2n) is 10.2. The third kappa shape index (κ3) is 2.31. The van der Waals surface area contributed by atoms with E-state index in [1.54, 1.807) is 5.57 Å². The highest BCUT2D eigenvalue weighted by molar-refractivity contribution is 5.80. The van der Waals surface area contributed by atoms with Crippen LogP contribution in [0.25, 0.3) is 16.7 Å². The Balaban J connectivity index is 1.40. The van der Waals surface area contributed by atoms with Crippen LogP contribution in [0.1, 0.15) is 58.3 Å². The number of aliphatic hydroxyl groups is 1. The Hall–Kier alpha value is -1.87. The van der Waals surface area contributed by atoms with Gasteiger partial charge in [0.1, 0.15) is 6.33 Å². The second kappa shape index (κ2) is 6.31. The first-order valence-electron chi connectivity index (χ1n) is 11.6. The summed E-state index contributed by atoms with van der Waals surface area (Å²) >= 11 is 0. The van der Waals surface area contributed by atoms with Crippen LogP contribution in [0, 0.1) is 28.6 Å². The number of allylic oxidation sites excluding steroid dienone is 3. The molecule has 0 unspecified atom stereocenters. The number of hydrogen-bond acceptors (Lipinski definition) is 2. The Morgan fingerprint density at radius 3 is 2.90 bits per heavy atom. The topological polar surface area (TPSA) is 38.0 Å². The zero-order valence-corrected chi connectivity index (χ0v) is 17.5. The number of para-hydroxylation sites is 2. The number of rotatable bonds is 2. The lowest BCUT2D eigenvalue weighted by Gasteiger charge is -2.57. The van der Waals surface area contributed by atoms with E-state index in [1.807, 2.05) is 6.33 Å². The monoisotopic (exact) mass is 388 g/mol. The van der Waals surface area contributed by atoms with Crippen LogP contribution in [0.4, 0.5) is 0 Å². The minimum atomic E-state index is -0.110. The highest BCUT2D eigenvalue weighted by Gasteiger charge is 2.58. The molecule has 0 radical (unpaired) electrons. The number of aromatic nitrogens is 2. The Morgan fingerprint density at radius 1 is 1.10 bits per heavy atom. The average Bonchev–Trinajstić information content (AvgIpc) is 3.34. The largest absolute Gasteiger partial charge is 0.395 e. The molecule has 2 saturated carbocycles. The van der Waals surface area contributed by atoms with Crippen molar-refractivity contribution in [2.75, 3.05) is 6.61 Å². The lowest BCUT2D eigenvalue weighted by Crippen LogP contribution is -2.51. The summed E-state index contributed by atoms with van der Waals surface area (Å²) in [4.78, 5) is 4.64. The van der Waals surface area contributed by atoms with Crippen LogP contribution in [0.3, 0.4) is 0 Å². The number of imidazole rings is 1. The zero-order valence-electron chi connectivity index (χ0n) is 17.5. The number of nitrogens with zero attached hydrogens (tertiary/aromatic N) is 2. The van der Waals surface area contributed by atoms with Gasteiger partial charge < -0.3 is 9.67 Å². The van der Waals surface area contributed by atoms with Gasteiger partial charge in [0.2, 0.25) is 0 Å². The zero-order chi connectivity index (χ0) is 19.6. The van der Waals surface area contributed by atoms with Crippen molar-refractivity contribution in [1.29, 1.82) is 0 Å². The van der Waals surface area contributed by atoms with Crippen LogP contribution in [0.2, 0.25) is 0 Å². The molecule has 1 aromatic heterocycles. The van der Waals surface area contributed by atoms with Gasteiger partial charge in [-0.05, 0) is 80.2 Å². The van der Waals surface area contributed by atoms with Crippen LogP contribution in [0.5, 0.6) is 0 Å². The van der Waals surface area contributed by atoms with E-state index in [0.29, 0.717) is 17.3 Å². The van der Waals surface area contributed by atoms with Gasteiger partial charge in [-0.1, -0.05) is 43.2 Å². The smallest absolute Gasteiger partial charge is 0.100 e. The molecule has 0 bridgehead atoms. The van der Waals surface area contributed by atoms with Crippen molar-refractivity contribution in [3.05, 3.63) is 48.3 Å². The number of aliphatic hydroxyl groups excluding tert-OH is 1. The summed E-state index contributed by atoms with van der Waals surface area (Å²) in [6.45, 7) is 2.82. The van der Waals surface area contributed by atoms with E-state index in [2.05, 4.69) is 52.9 Å². The highest BCUT2D eigenvalue weighted by atomic mass is 16.3. The van der Waals surface area contributed by atoms with Crippen LogP contribution < -0.4 is 0 Å². The Labute approximate surface area is 173 Å². The van der Waals surface area contributed by atoms with Gasteiger partial charge in [0, 0.05) is 11.1 Å². The molecule has 0 spiro atoms. The summed E-state index contributed by atoms with van der Waals surface area (Å²) in [5.74, 6) is 2.05. The summed E-state index contributed by atoms with van der Waals surface area (Å²) in [7, 11) is 0. The summed E-state index contributed by atoms with van der Waals surface area (Å²) in [6.07, 6.45) is 17.1. The van der Waals surface area contributed by atoms with E-state index in [-0.39, 0.29) is 12.0 Å². The molecule has 1 N–H and O–H groups in total. The molecule has 0 aliphatic heterocycles. The number of hydrogen-bond donors (Lipinski definition) is 1. The van der Waals surface area contributed by atoms with E-state index < -0.39 is 0 Å². The third-order valence-electron chi connectivity index (χ3n) is 9.30. The minimum Gasteiger partial charge on any atom is -0.395 e. The quantitative estimate of drug-likeness (QED) is 0.659. The van der Waals surface area contributed by atoms with Crippen molar-refractivity contribution < 1.29 is 5.11 Å². The van der Waals surface area contributed by atoms with Crippen molar-refractivity contribution in [1.82, 2.24) is 9.55 Å². The fourth-order valence-corrected chi connectivity index (χ4v) is 7.84. The summed E-state index contributed by atoms with van der Waals surface area (Å²) in [6, 6.07) is 8.38. The van der Waals surface area contributed by atoms with E-state index in [9.17, 15) is 5.11 Å². The summed E-state index contributed by atoms with van der Waals surface area (Å²) in [5, 5.41) is 10.8. The van der Waals surface area contributed by atoms with Gasteiger partial charge >= 0.3 is 0 Å². The van der Waals surface area contributed by atoms with Crippen molar-refractivity contribution >= 4 is 16.7 Å². The van der Waals surface area contributed by atoms with Crippen molar-refractivity contribution in [3.63, 3.8) is 0 Å². The maximum atomic E-state index is 10.8. The Bertz CT molecular complexity index is 1020. The SMILES string of the molecule is C[C@]12CCCCC1=CC[C@H]1[C@@H]3CC=C(n4cnc5ccccc54)[C@@]3(CO)CC[C@@H]12. The first kappa shape index (κ1) is 17.9. The van der Waals surface area contributed by atoms with Crippen molar-refractivity contribution in [3.8, 4) is 0 Å². The van der Waals surface area contributed by atoms with Crippen LogP contribution in [-0.2, 0) is 0 Å². The molecule has 5 atom stereocenters. The molecule has 3 heteroatoms. The summed E-state index contributed by atoms with van der Waals surface area (Å²) < 4.78 is 2.28. The van der Waals surface area contributed by atoms with Gasteiger partial charge in [0.05, 0.1) is 17.6 Å². The van der Waals surface area contributed by atoms with Gasteiger partial charge in [0.15, 0.2) is 0 Å². The lowest BCUT2D eigenvalue weighted by atomic mass is 9.47. The van der Waals surface area contributed by atoms with Gasteiger partial charge in [-0.3, -0.25) is 0 Å². The highest BCUT2D eigenvalue weighted by Crippen LogP contribution is 2.65. The van der Waals surface area contributed by atoms with Gasteiger partial charge in [-0.15, -0.1) is 0 Å². The van der Waals surface area contributed by atoms with E-state index >= 15 is 0 Å². The van der Waals surface area contributed by atoms with Gasteiger partial charge in [0.25, 0.3) is 0 Å². The first-order chi connectivity index (χ1) is 14.2. The molecule has 0 saturated heterocycles. The molecule has 2 aromatic rings. The van der Waals surface area contributed by atoms with Gasteiger partial charge in [-0.25, -0.2) is 4.98 Å². The lowest BCUT2D eigenvalue weighted by molar-refractivity contribution is -0.0391. The Kier molecular flexibility index (Phi) is 3.91. The Morgan fingerprint density at radius 2 is 2.00 bits per heavy atom. The molecule has 1 heterocycles. The van der Waals surface area contributed by atoms with Gasteiger partial charge in [-0.2, -0.15) is 0 Å². The molecule has 0 amide bonds. The molecular formula is C26H32N2O. The van der Waals surface area contributed by atoms with Crippen molar-refractivity contribution in [2.45, 2.75) is 58.3 Å². The molecule has 3 nitrogen and oxygen atoms in total. The molecule has 4 aliphatic carbocycles. The maximum Gasteiger partial charge on any atom is 0.100 e. The van der Waals surface area contributed by atoms with Crippen molar-refractivity contribution in [2.24, 2.45) is 28.6 Å².